The van der Waals surface area contributed by atoms with Crippen LogP contribution in [0.3, 0.4) is 0 Å². The number of rotatable bonds is 3. The molecular formula is C20H26N6O. The fourth-order valence-electron chi connectivity index (χ4n) is 3.92. The Hall–Kier alpha value is -2.54. The van der Waals surface area contributed by atoms with E-state index in [1.165, 1.54) is 0 Å². The van der Waals surface area contributed by atoms with Gasteiger partial charge in [0.2, 0.25) is 0 Å². The standard InChI is InChI=1S/C20H26N6O/c1-11(2)19-22-7-15(8-23-19)14(5)25-10-13(4)26-18(20(25)27)16-9-21-12(3)6-17(16)24-26/h7-8,12-14,21H,1,6,9-10H2,2-5H3. The van der Waals surface area contributed by atoms with Gasteiger partial charge >= 0.3 is 0 Å². The van der Waals surface area contributed by atoms with E-state index in [0.29, 0.717) is 25.0 Å². The van der Waals surface area contributed by atoms with Crippen LogP contribution in [0.1, 0.15) is 72.9 Å². The van der Waals surface area contributed by atoms with Gasteiger partial charge in [-0.15, -0.1) is 0 Å². The van der Waals surface area contributed by atoms with Gasteiger partial charge < -0.3 is 10.2 Å². The first-order valence-electron chi connectivity index (χ1n) is 9.49. The molecule has 7 nitrogen and oxygen atoms in total. The van der Waals surface area contributed by atoms with Crippen LogP contribution in [0.15, 0.2) is 19.0 Å². The van der Waals surface area contributed by atoms with Gasteiger partial charge in [-0.05, 0) is 33.3 Å². The molecular weight excluding hydrogens is 340 g/mol. The molecule has 4 rings (SSSR count). The van der Waals surface area contributed by atoms with Crippen LogP contribution in [0, 0.1) is 0 Å². The van der Waals surface area contributed by atoms with Crippen molar-refractivity contribution in [3.8, 4) is 0 Å². The Morgan fingerprint density at radius 2 is 2.04 bits per heavy atom. The monoisotopic (exact) mass is 366 g/mol. The van der Waals surface area contributed by atoms with Crippen molar-refractivity contribution in [2.24, 2.45) is 0 Å². The highest BCUT2D eigenvalue weighted by molar-refractivity contribution is 5.95. The molecule has 0 fully saturated rings. The molecule has 2 aliphatic rings. The van der Waals surface area contributed by atoms with Gasteiger partial charge in [0.25, 0.3) is 5.91 Å². The van der Waals surface area contributed by atoms with Crippen LogP contribution in [0.5, 0.6) is 0 Å². The van der Waals surface area contributed by atoms with Gasteiger partial charge in [-0.25, -0.2) is 9.97 Å². The fraction of sp³-hybridized carbons (Fsp3) is 0.500. The van der Waals surface area contributed by atoms with Gasteiger partial charge in [-0.3, -0.25) is 9.48 Å². The molecule has 7 heteroatoms. The van der Waals surface area contributed by atoms with E-state index >= 15 is 0 Å². The van der Waals surface area contributed by atoms with Crippen molar-refractivity contribution in [1.29, 1.82) is 0 Å². The van der Waals surface area contributed by atoms with Gasteiger partial charge in [-0.2, -0.15) is 5.10 Å². The van der Waals surface area contributed by atoms with Gasteiger partial charge in [-0.1, -0.05) is 6.58 Å². The third-order valence-corrected chi connectivity index (χ3v) is 5.56. The number of nitrogens with zero attached hydrogens (tertiary/aromatic N) is 5. The summed E-state index contributed by atoms with van der Waals surface area (Å²) >= 11 is 0. The molecule has 0 saturated heterocycles. The van der Waals surface area contributed by atoms with Crippen LogP contribution in [0.2, 0.25) is 0 Å². The highest BCUT2D eigenvalue weighted by atomic mass is 16.2. The number of nitrogens with one attached hydrogen (secondary N) is 1. The number of hydrogen-bond acceptors (Lipinski definition) is 5. The Morgan fingerprint density at radius 3 is 2.70 bits per heavy atom. The molecule has 4 heterocycles. The van der Waals surface area contributed by atoms with Crippen molar-refractivity contribution in [2.45, 2.75) is 58.8 Å². The number of hydrogen-bond donors (Lipinski definition) is 1. The second kappa shape index (κ2) is 6.56. The summed E-state index contributed by atoms with van der Waals surface area (Å²) in [5.74, 6) is 0.673. The van der Waals surface area contributed by atoms with Crippen LogP contribution in [-0.4, -0.2) is 43.1 Å². The molecule has 3 unspecified atom stereocenters. The van der Waals surface area contributed by atoms with Crippen LogP contribution in [0.4, 0.5) is 0 Å². The molecule has 1 N–H and O–H groups in total. The SMILES string of the molecule is C=C(C)c1ncc(C(C)N2CC(C)n3nc4c(c3C2=O)CNC(C)C4)cn1. The molecule has 0 radical (unpaired) electrons. The van der Waals surface area contributed by atoms with E-state index in [1.807, 2.05) is 23.4 Å². The zero-order chi connectivity index (χ0) is 19.3. The van der Waals surface area contributed by atoms with Crippen molar-refractivity contribution in [1.82, 2.24) is 30.0 Å². The summed E-state index contributed by atoms with van der Waals surface area (Å²) in [5, 5.41) is 8.22. The zero-order valence-corrected chi connectivity index (χ0v) is 16.4. The molecule has 0 aliphatic carbocycles. The predicted octanol–water partition coefficient (Wildman–Crippen LogP) is 2.52. The Morgan fingerprint density at radius 1 is 1.33 bits per heavy atom. The average Bonchev–Trinajstić information content (AvgIpc) is 3.03. The molecule has 27 heavy (non-hydrogen) atoms. The molecule has 2 aromatic heterocycles. The molecule has 0 bridgehead atoms. The van der Waals surface area contributed by atoms with E-state index in [9.17, 15) is 4.79 Å². The predicted molar refractivity (Wildman–Crippen MR) is 103 cm³/mol. The lowest BCUT2D eigenvalue weighted by Crippen LogP contribution is -2.44. The summed E-state index contributed by atoms with van der Waals surface area (Å²) in [6.45, 7) is 13.4. The quantitative estimate of drug-likeness (QED) is 0.903. The Labute approximate surface area is 159 Å². The third kappa shape index (κ3) is 2.96. The largest absolute Gasteiger partial charge is 0.328 e. The molecule has 0 aromatic carbocycles. The first-order chi connectivity index (χ1) is 12.9. The number of fused-ring (bicyclic) bond motifs is 3. The summed E-state index contributed by atoms with van der Waals surface area (Å²) in [6, 6.07) is 0.421. The lowest BCUT2D eigenvalue weighted by atomic mass is 9.99. The first kappa shape index (κ1) is 17.9. The lowest BCUT2D eigenvalue weighted by molar-refractivity contribution is 0.0584. The molecule has 0 saturated carbocycles. The maximum absolute atomic E-state index is 13.3. The van der Waals surface area contributed by atoms with Gasteiger partial charge in [0.15, 0.2) is 5.82 Å². The molecule has 3 atom stereocenters. The molecule has 1 amide bonds. The fourth-order valence-corrected chi connectivity index (χ4v) is 3.92. The van der Waals surface area contributed by atoms with Gasteiger partial charge in [0.1, 0.15) is 5.69 Å². The molecule has 0 spiro atoms. The lowest BCUT2D eigenvalue weighted by Gasteiger charge is -2.36. The van der Waals surface area contributed by atoms with Crippen molar-refractivity contribution >= 4 is 11.5 Å². The second-order valence-corrected chi connectivity index (χ2v) is 7.81. The smallest absolute Gasteiger partial charge is 0.273 e. The topological polar surface area (TPSA) is 75.9 Å². The van der Waals surface area contributed by atoms with Crippen molar-refractivity contribution in [3.63, 3.8) is 0 Å². The van der Waals surface area contributed by atoms with Crippen LogP contribution >= 0.6 is 0 Å². The zero-order valence-electron chi connectivity index (χ0n) is 16.4. The Kier molecular flexibility index (Phi) is 4.34. The number of aromatic nitrogens is 4. The third-order valence-electron chi connectivity index (χ3n) is 5.56. The molecule has 2 aliphatic heterocycles. The molecule has 2 aromatic rings. The van der Waals surface area contributed by atoms with E-state index in [1.54, 1.807) is 12.4 Å². The highest BCUT2D eigenvalue weighted by Gasteiger charge is 2.38. The highest BCUT2D eigenvalue weighted by Crippen LogP contribution is 2.32. The van der Waals surface area contributed by atoms with E-state index < -0.39 is 0 Å². The van der Waals surface area contributed by atoms with Crippen LogP contribution in [-0.2, 0) is 13.0 Å². The minimum Gasteiger partial charge on any atom is -0.328 e. The number of carbonyl (C=O) groups is 1. The van der Waals surface area contributed by atoms with Gasteiger partial charge in [0.05, 0.1) is 17.8 Å². The van der Waals surface area contributed by atoms with Crippen LogP contribution in [0.25, 0.3) is 5.57 Å². The first-order valence-corrected chi connectivity index (χ1v) is 9.49. The van der Waals surface area contributed by atoms with E-state index in [4.69, 9.17) is 5.10 Å². The molecule has 142 valence electrons. The average molecular weight is 366 g/mol. The number of carbonyl (C=O) groups excluding carboxylic acids is 1. The maximum atomic E-state index is 13.3. The van der Waals surface area contributed by atoms with E-state index in [0.717, 1.165) is 34.5 Å². The summed E-state index contributed by atoms with van der Waals surface area (Å²) in [6.07, 6.45) is 4.45. The number of amides is 1. The Balaban J connectivity index is 1.66. The summed E-state index contributed by atoms with van der Waals surface area (Å²) < 4.78 is 1.93. The summed E-state index contributed by atoms with van der Waals surface area (Å²) in [4.78, 5) is 24.0. The van der Waals surface area contributed by atoms with Crippen LogP contribution < -0.4 is 5.32 Å². The van der Waals surface area contributed by atoms with Gasteiger partial charge in [0, 0.05) is 49.1 Å². The Bertz CT molecular complexity index is 900. The number of allylic oxidation sites excluding steroid dienone is 1. The van der Waals surface area contributed by atoms with E-state index in [-0.39, 0.29) is 18.0 Å². The normalized spacial score (nSPS) is 23.0. The second-order valence-electron chi connectivity index (χ2n) is 7.81. The van der Waals surface area contributed by atoms with Crippen molar-refractivity contribution in [3.05, 3.63) is 47.3 Å². The minimum absolute atomic E-state index is 0.0367. The summed E-state index contributed by atoms with van der Waals surface area (Å²) in [5.41, 5.74) is 4.59. The maximum Gasteiger partial charge on any atom is 0.273 e. The van der Waals surface area contributed by atoms with Crippen molar-refractivity contribution in [2.75, 3.05) is 6.54 Å². The summed E-state index contributed by atoms with van der Waals surface area (Å²) in [7, 11) is 0. The minimum atomic E-state index is -0.103. The van der Waals surface area contributed by atoms with E-state index in [2.05, 4.69) is 35.7 Å². The van der Waals surface area contributed by atoms with Crippen molar-refractivity contribution < 1.29 is 4.79 Å².